The molecule has 0 spiro atoms. The molecule has 4 rings (SSSR count). The highest BCUT2D eigenvalue weighted by molar-refractivity contribution is 5.93. The predicted molar refractivity (Wildman–Crippen MR) is 141 cm³/mol. The van der Waals surface area contributed by atoms with Crippen molar-refractivity contribution in [3.05, 3.63) is 58.9 Å². The van der Waals surface area contributed by atoms with Gasteiger partial charge in [0.2, 0.25) is 0 Å². The molecule has 0 bridgehead atoms. The SMILES string of the molecule is CCOc1ccc(C(=O)[N]OC(C)(C)Cc2c(C)c(NC3CCCC(N)C3)c(C#N)c3ccnn23)cc1. The van der Waals surface area contributed by atoms with Gasteiger partial charge in [0.05, 0.1) is 35.3 Å². The minimum atomic E-state index is -0.816. The molecule has 1 aromatic carbocycles. The topological polar surface area (TPSA) is 129 Å². The van der Waals surface area contributed by atoms with Crippen LogP contribution in [-0.2, 0) is 11.3 Å². The van der Waals surface area contributed by atoms with Gasteiger partial charge in [-0.15, -0.1) is 0 Å². The number of hydroxylamine groups is 1. The molecule has 1 radical (unpaired) electrons. The number of nitriles is 1. The molecule has 9 nitrogen and oxygen atoms in total. The number of hydrogen-bond donors (Lipinski definition) is 2. The molecule has 1 aliphatic carbocycles. The van der Waals surface area contributed by atoms with Gasteiger partial charge in [-0.25, -0.2) is 9.35 Å². The molecule has 195 valence electrons. The number of aromatic nitrogens is 2. The molecule has 2 aromatic heterocycles. The van der Waals surface area contributed by atoms with Crippen LogP contribution in [0.25, 0.3) is 5.52 Å². The lowest BCUT2D eigenvalue weighted by molar-refractivity contribution is -0.0756. The number of carbonyl (C=O) groups excluding carboxylic acids is 1. The second kappa shape index (κ2) is 11.2. The fourth-order valence-electron chi connectivity index (χ4n) is 4.90. The van der Waals surface area contributed by atoms with Crippen molar-refractivity contribution in [1.29, 1.82) is 5.26 Å². The molecule has 2 atom stereocenters. The fraction of sp³-hybridized carbons (Fsp3) is 0.464. The molecule has 1 aliphatic rings. The summed E-state index contributed by atoms with van der Waals surface area (Å²) < 4.78 is 7.21. The lowest BCUT2D eigenvalue weighted by Crippen LogP contribution is -2.36. The Balaban J connectivity index is 1.55. The van der Waals surface area contributed by atoms with Crippen LogP contribution in [0.3, 0.4) is 0 Å². The minimum absolute atomic E-state index is 0.164. The molecule has 2 unspecified atom stereocenters. The zero-order valence-corrected chi connectivity index (χ0v) is 22.0. The van der Waals surface area contributed by atoms with Crippen LogP contribution in [0.5, 0.6) is 5.75 Å². The minimum Gasteiger partial charge on any atom is -0.494 e. The standard InChI is InChI=1S/C28H35N6O3/c1-5-36-22-11-9-19(10-12-22)27(35)33-37-28(3,4)16-25-18(2)26(32-21-8-6-7-20(30)15-21)23(17-29)24-13-14-31-34(24)25/h9-14,20-21,32H,5-8,15-16,30H2,1-4H3. The van der Waals surface area contributed by atoms with E-state index in [1.165, 1.54) is 0 Å². The third-order valence-electron chi connectivity index (χ3n) is 6.77. The van der Waals surface area contributed by atoms with E-state index in [0.29, 0.717) is 29.9 Å². The zero-order valence-electron chi connectivity index (χ0n) is 22.0. The van der Waals surface area contributed by atoms with E-state index in [1.54, 1.807) is 35.0 Å². The first-order valence-corrected chi connectivity index (χ1v) is 12.8. The first kappa shape index (κ1) is 26.5. The maximum Gasteiger partial charge on any atom is 0.299 e. The molecule has 1 amide bonds. The number of nitrogens with one attached hydrogen (secondary N) is 1. The Morgan fingerprint density at radius 3 is 2.73 bits per heavy atom. The van der Waals surface area contributed by atoms with Gasteiger partial charge in [0.25, 0.3) is 5.91 Å². The van der Waals surface area contributed by atoms with E-state index in [9.17, 15) is 10.1 Å². The quantitative estimate of drug-likeness (QED) is 0.417. The number of carbonyl (C=O) groups is 1. The van der Waals surface area contributed by atoms with Crippen LogP contribution in [0, 0.1) is 18.3 Å². The van der Waals surface area contributed by atoms with Crippen LogP contribution in [0.15, 0.2) is 36.5 Å². The zero-order chi connectivity index (χ0) is 26.6. The Labute approximate surface area is 217 Å². The number of hydrogen-bond acceptors (Lipinski definition) is 7. The van der Waals surface area contributed by atoms with E-state index >= 15 is 0 Å². The van der Waals surface area contributed by atoms with E-state index in [4.69, 9.17) is 15.3 Å². The van der Waals surface area contributed by atoms with Crippen molar-refractivity contribution in [2.75, 3.05) is 11.9 Å². The van der Waals surface area contributed by atoms with Gasteiger partial charge in [-0.2, -0.15) is 10.4 Å². The maximum absolute atomic E-state index is 12.6. The van der Waals surface area contributed by atoms with Crippen LogP contribution >= 0.6 is 0 Å². The van der Waals surface area contributed by atoms with Crippen molar-refractivity contribution in [2.24, 2.45) is 5.73 Å². The second-order valence-electron chi connectivity index (χ2n) is 10.2. The summed E-state index contributed by atoms with van der Waals surface area (Å²) in [4.78, 5) is 18.4. The average Bonchev–Trinajstić information content (AvgIpc) is 3.36. The number of fused-ring (bicyclic) bond motifs is 1. The largest absolute Gasteiger partial charge is 0.494 e. The lowest BCUT2D eigenvalue weighted by Gasteiger charge is -2.30. The smallest absolute Gasteiger partial charge is 0.299 e. The van der Waals surface area contributed by atoms with Crippen LogP contribution in [0.1, 0.15) is 73.6 Å². The highest BCUT2D eigenvalue weighted by atomic mass is 16.7. The third-order valence-corrected chi connectivity index (χ3v) is 6.77. The highest BCUT2D eigenvalue weighted by Crippen LogP contribution is 2.33. The molecule has 1 saturated carbocycles. The monoisotopic (exact) mass is 503 g/mol. The van der Waals surface area contributed by atoms with Gasteiger partial charge in [0.15, 0.2) is 0 Å². The second-order valence-corrected chi connectivity index (χ2v) is 10.2. The molecule has 0 saturated heterocycles. The van der Waals surface area contributed by atoms with E-state index in [2.05, 4.69) is 22.0 Å². The molecule has 37 heavy (non-hydrogen) atoms. The number of amides is 1. The number of benzene rings is 1. The van der Waals surface area contributed by atoms with Gasteiger partial charge in [-0.05, 0) is 89.3 Å². The molecule has 2 heterocycles. The number of nitrogens with two attached hydrogens (primary N) is 1. The van der Waals surface area contributed by atoms with E-state index in [1.807, 2.05) is 33.8 Å². The first-order valence-electron chi connectivity index (χ1n) is 12.8. The van der Waals surface area contributed by atoms with E-state index < -0.39 is 11.5 Å². The Kier molecular flexibility index (Phi) is 8.00. The van der Waals surface area contributed by atoms with Gasteiger partial charge in [-0.3, -0.25) is 4.79 Å². The normalized spacial score (nSPS) is 17.8. The van der Waals surface area contributed by atoms with Gasteiger partial charge in [0.1, 0.15) is 17.4 Å². The molecular formula is C28H35N6O3. The Morgan fingerprint density at radius 2 is 2.05 bits per heavy atom. The summed E-state index contributed by atoms with van der Waals surface area (Å²) in [6, 6.07) is 11.4. The van der Waals surface area contributed by atoms with Crippen molar-refractivity contribution in [2.45, 2.75) is 77.5 Å². The van der Waals surface area contributed by atoms with Crippen LogP contribution in [0.2, 0.25) is 0 Å². The van der Waals surface area contributed by atoms with Crippen LogP contribution in [0.4, 0.5) is 5.69 Å². The number of pyridine rings is 1. The molecule has 9 heteroatoms. The number of ether oxygens (including phenoxy) is 1. The lowest BCUT2D eigenvalue weighted by atomic mass is 9.90. The summed E-state index contributed by atoms with van der Waals surface area (Å²) in [5, 5.41) is 18.1. The van der Waals surface area contributed by atoms with Gasteiger partial charge in [0, 0.05) is 24.1 Å². The summed E-state index contributed by atoms with van der Waals surface area (Å²) in [5.41, 5.74) is 13.6. The highest BCUT2D eigenvalue weighted by Gasteiger charge is 2.29. The summed E-state index contributed by atoms with van der Waals surface area (Å²) in [5.74, 6) is 0.229. The van der Waals surface area contributed by atoms with Crippen molar-refractivity contribution in [3.63, 3.8) is 0 Å². The summed E-state index contributed by atoms with van der Waals surface area (Å²) >= 11 is 0. The first-order chi connectivity index (χ1) is 17.7. The van der Waals surface area contributed by atoms with Gasteiger partial charge >= 0.3 is 0 Å². The molecule has 1 fully saturated rings. The van der Waals surface area contributed by atoms with Crippen molar-refractivity contribution >= 4 is 17.1 Å². The number of anilines is 1. The van der Waals surface area contributed by atoms with E-state index in [0.717, 1.165) is 48.1 Å². The molecule has 3 aromatic rings. The Bertz CT molecular complexity index is 1290. The number of nitrogens with zero attached hydrogens (tertiary/aromatic N) is 4. The van der Waals surface area contributed by atoms with Crippen molar-refractivity contribution in [3.8, 4) is 11.8 Å². The Morgan fingerprint density at radius 1 is 1.30 bits per heavy atom. The molecule has 0 aliphatic heterocycles. The van der Waals surface area contributed by atoms with E-state index in [-0.39, 0.29) is 12.1 Å². The van der Waals surface area contributed by atoms with Gasteiger partial charge < -0.3 is 15.8 Å². The maximum atomic E-state index is 12.6. The average molecular weight is 504 g/mol. The van der Waals surface area contributed by atoms with Crippen molar-refractivity contribution < 1.29 is 14.4 Å². The third kappa shape index (κ3) is 6.04. The van der Waals surface area contributed by atoms with Crippen molar-refractivity contribution in [1.82, 2.24) is 15.1 Å². The van der Waals surface area contributed by atoms with Crippen LogP contribution in [-0.4, -0.2) is 39.8 Å². The molecular weight excluding hydrogens is 468 g/mol. The summed E-state index contributed by atoms with van der Waals surface area (Å²) in [6.07, 6.45) is 6.07. The number of rotatable bonds is 9. The summed E-state index contributed by atoms with van der Waals surface area (Å²) in [7, 11) is 0. The molecule has 3 N–H and O–H groups in total. The fourth-order valence-corrected chi connectivity index (χ4v) is 4.90. The van der Waals surface area contributed by atoms with Crippen LogP contribution < -0.4 is 21.3 Å². The Hall–Kier alpha value is -3.61. The van der Waals surface area contributed by atoms with Gasteiger partial charge in [-0.1, -0.05) is 5.48 Å². The summed E-state index contributed by atoms with van der Waals surface area (Å²) in [6.45, 7) is 8.20. The predicted octanol–water partition coefficient (Wildman–Crippen LogP) is 4.29.